The van der Waals surface area contributed by atoms with Gasteiger partial charge in [-0.2, -0.15) is 0 Å². The minimum Gasteiger partial charge on any atom is -0.301 e. The van der Waals surface area contributed by atoms with Crippen molar-refractivity contribution in [3.63, 3.8) is 0 Å². The number of nitrogens with zero attached hydrogens (tertiary/aromatic N) is 1. The lowest BCUT2D eigenvalue weighted by Gasteiger charge is -1.96. The van der Waals surface area contributed by atoms with Crippen LogP contribution in [0.1, 0.15) is 18.7 Å². The fourth-order valence-corrected chi connectivity index (χ4v) is 2.96. The number of rotatable bonds is 3. The number of aryl methyl sites for hydroxylation is 1. The van der Waals surface area contributed by atoms with Crippen molar-refractivity contribution in [2.24, 2.45) is 0 Å². The molecule has 0 radical (unpaired) electrons. The van der Waals surface area contributed by atoms with Crippen molar-refractivity contribution in [3.8, 4) is 0 Å². The van der Waals surface area contributed by atoms with Crippen LogP contribution in [0.4, 0.5) is 0 Å². The van der Waals surface area contributed by atoms with E-state index in [0.29, 0.717) is 0 Å². The van der Waals surface area contributed by atoms with Crippen LogP contribution in [-0.2, 0) is 6.42 Å². The summed E-state index contributed by atoms with van der Waals surface area (Å²) in [6.07, 6.45) is 0.955. The Morgan fingerprint density at radius 1 is 1.53 bits per heavy atom. The number of hydrogen-bond acceptors (Lipinski definition) is 4. The third kappa shape index (κ3) is 2.08. The Balaban J connectivity index is 2.60. The molecule has 5 heteroatoms. The van der Waals surface area contributed by atoms with E-state index in [1.807, 2.05) is 13.0 Å². The predicted molar refractivity (Wildman–Crippen MR) is 66.0 cm³/mol. The molecule has 0 saturated heterocycles. The number of aromatic amines is 1. The molecule has 2 aromatic rings. The summed E-state index contributed by atoms with van der Waals surface area (Å²) in [7, 11) is 0. The molecule has 2 heterocycles. The summed E-state index contributed by atoms with van der Waals surface area (Å²) in [5.41, 5.74) is -0.0214. The highest BCUT2D eigenvalue weighted by Gasteiger charge is 2.07. The quantitative estimate of drug-likeness (QED) is 0.662. The maximum atomic E-state index is 11.7. The zero-order valence-electron chi connectivity index (χ0n) is 8.66. The fraction of sp³-hybridized carbons (Fsp3) is 0.400. The van der Waals surface area contributed by atoms with Crippen molar-refractivity contribution in [2.75, 3.05) is 5.75 Å². The summed E-state index contributed by atoms with van der Waals surface area (Å²) < 4.78 is 0. The number of thiophene rings is 1. The van der Waals surface area contributed by atoms with Crippen LogP contribution in [0.2, 0.25) is 0 Å². The van der Waals surface area contributed by atoms with Crippen molar-refractivity contribution >= 4 is 33.3 Å². The van der Waals surface area contributed by atoms with Gasteiger partial charge in [0.05, 0.1) is 5.39 Å². The molecule has 0 aliphatic carbocycles. The second-order valence-corrected chi connectivity index (χ2v) is 5.46. The van der Waals surface area contributed by atoms with Crippen LogP contribution < -0.4 is 5.56 Å². The Kier molecular flexibility index (Phi) is 3.11. The molecular formula is C10H12N2OS2. The van der Waals surface area contributed by atoms with E-state index in [2.05, 4.69) is 16.9 Å². The van der Waals surface area contributed by atoms with Crippen LogP contribution in [0.3, 0.4) is 0 Å². The van der Waals surface area contributed by atoms with Crippen LogP contribution in [0, 0.1) is 0 Å². The molecule has 0 spiro atoms. The van der Waals surface area contributed by atoms with Gasteiger partial charge in [0.2, 0.25) is 0 Å². The molecule has 80 valence electrons. The molecule has 2 aromatic heterocycles. The van der Waals surface area contributed by atoms with Gasteiger partial charge in [-0.25, -0.2) is 4.98 Å². The molecule has 1 N–H and O–H groups in total. The Bertz CT molecular complexity index is 530. The van der Waals surface area contributed by atoms with Gasteiger partial charge < -0.3 is 4.98 Å². The van der Waals surface area contributed by atoms with E-state index in [0.717, 1.165) is 27.5 Å². The van der Waals surface area contributed by atoms with Gasteiger partial charge in [0.15, 0.2) is 5.16 Å². The highest BCUT2D eigenvalue weighted by atomic mass is 32.2. The van der Waals surface area contributed by atoms with Crippen molar-refractivity contribution < 1.29 is 0 Å². The van der Waals surface area contributed by atoms with Crippen LogP contribution in [0.5, 0.6) is 0 Å². The lowest BCUT2D eigenvalue weighted by atomic mass is 10.3. The van der Waals surface area contributed by atoms with E-state index >= 15 is 0 Å². The average Bonchev–Trinajstić information content (AvgIpc) is 2.62. The number of H-pyrrole nitrogens is 1. The van der Waals surface area contributed by atoms with Gasteiger partial charge in [-0.3, -0.25) is 4.79 Å². The van der Waals surface area contributed by atoms with E-state index in [1.54, 1.807) is 23.1 Å². The van der Waals surface area contributed by atoms with Crippen LogP contribution in [-0.4, -0.2) is 15.7 Å². The first-order valence-corrected chi connectivity index (χ1v) is 6.70. The van der Waals surface area contributed by atoms with E-state index in [9.17, 15) is 4.79 Å². The average molecular weight is 240 g/mol. The summed E-state index contributed by atoms with van der Waals surface area (Å²) in [5.74, 6) is 0.917. The van der Waals surface area contributed by atoms with Crippen molar-refractivity contribution in [1.29, 1.82) is 0 Å². The zero-order valence-corrected chi connectivity index (χ0v) is 10.3. The Labute approximate surface area is 95.9 Å². The van der Waals surface area contributed by atoms with E-state index < -0.39 is 0 Å². The molecular weight excluding hydrogens is 228 g/mol. The molecule has 0 aromatic carbocycles. The molecule has 0 aliphatic rings. The van der Waals surface area contributed by atoms with Crippen molar-refractivity contribution in [1.82, 2.24) is 9.97 Å². The molecule has 0 saturated carbocycles. The fourth-order valence-electron chi connectivity index (χ4n) is 1.34. The standard InChI is InChI=1S/C10H12N2OS2/c1-3-6-5-7-8(13)11-10(14-4-2)12-9(7)15-6/h5H,3-4H2,1-2H3,(H,11,12,13). The SMILES string of the molecule is CCSc1nc2sc(CC)cc2c(=O)[nH]1. The highest BCUT2D eigenvalue weighted by molar-refractivity contribution is 7.99. The van der Waals surface area contributed by atoms with Gasteiger partial charge in [-0.1, -0.05) is 25.6 Å². The maximum absolute atomic E-state index is 11.7. The highest BCUT2D eigenvalue weighted by Crippen LogP contribution is 2.23. The number of thioether (sulfide) groups is 1. The van der Waals surface area contributed by atoms with Crippen LogP contribution in [0.15, 0.2) is 16.0 Å². The second-order valence-electron chi connectivity index (χ2n) is 3.09. The first-order chi connectivity index (χ1) is 7.24. The van der Waals surface area contributed by atoms with E-state index in [-0.39, 0.29) is 5.56 Å². The number of fused-ring (bicyclic) bond motifs is 1. The minimum atomic E-state index is -0.0214. The zero-order chi connectivity index (χ0) is 10.8. The minimum absolute atomic E-state index is 0.0214. The summed E-state index contributed by atoms with van der Waals surface area (Å²) in [6, 6.07) is 1.94. The van der Waals surface area contributed by atoms with Gasteiger partial charge in [0.25, 0.3) is 5.56 Å². The van der Waals surface area contributed by atoms with Crippen molar-refractivity contribution in [3.05, 3.63) is 21.3 Å². The van der Waals surface area contributed by atoms with Gasteiger partial charge in [-0.15, -0.1) is 11.3 Å². The van der Waals surface area contributed by atoms with E-state index in [4.69, 9.17) is 0 Å². The summed E-state index contributed by atoms with van der Waals surface area (Å²) in [6.45, 7) is 4.13. The largest absolute Gasteiger partial charge is 0.301 e. The smallest absolute Gasteiger partial charge is 0.260 e. The summed E-state index contributed by atoms with van der Waals surface area (Å²) >= 11 is 3.17. The molecule has 2 rings (SSSR count). The van der Waals surface area contributed by atoms with Crippen LogP contribution >= 0.6 is 23.1 Å². The third-order valence-electron chi connectivity index (χ3n) is 2.06. The molecule has 0 fully saturated rings. The molecule has 0 atom stereocenters. The molecule has 0 aliphatic heterocycles. The Morgan fingerprint density at radius 2 is 2.33 bits per heavy atom. The maximum Gasteiger partial charge on any atom is 0.260 e. The van der Waals surface area contributed by atoms with Crippen molar-refractivity contribution in [2.45, 2.75) is 25.4 Å². The number of hydrogen-bond donors (Lipinski definition) is 1. The topological polar surface area (TPSA) is 45.8 Å². The van der Waals surface area contributed by atoms with Gasteiger partial charge >= 0.3 is 0 Å². The van der Waals surface area contributed by atoms with Crippen LogP contribution in [0.25, 0.3) is 10.2 Å². The Hall–Kier alpha value is -0.810. The summed E-state index contributed by atoms with van der Waals surface area (Å²) in [5, 5.41) is 1.44. The van der Waals surface area contributed by atoms with E-state index in [1.165, 1.54) is 4.88 Å². The van der Waals surface area contributed by atoms with Gasteiger partial charge in [0.1, 0.15) is 4.83 Å². The Morgan fingerprint density at radius 3 is 3.00 bits per heavy atom. The molecule has 0 amide bonds. The lowest BCUT2D eigenvalue weighted by Crippen LogP contribution is -2.07. The lowest BCUT2D eigenvalue weighted by molar-refractivity contribution is 0.981. The predicted octanol–water partition coefficient (Wildman–Crippen LogP) is 2.66. The first kappa shape index (κ1) is 10.7. The molecule has 3 nitrogen and oxygen atoms in total. The summed E-state index contributed by atoms with van der Waals surface area (Å²) in [4.78, 5) is 21.0. The first-order valence-electron chi connectivity index (χ1n) is 4.90. The third-order valence-corrected chi connectivity index (χ3v) is 3.99. The monoisotopic (exact) mass is 240 g/mol. The normalized spacial score (nSPS) is 11.1. The molecule has 15 heavy (non-hydrogen) atoms. The van der Waals surface area contributed by atoms with Gasteiger partial charge in [-0.05, 0) is 18.2 Å². The molecule has 0 unspecified atom stereocenters. The number of nitrogens with one attached hydrogen (secondary N) is 1. The second kappa shape index (κ2) is 4.37. The molecule has 0 bridgehead atoms. The number of aromatic nitrogens is 2. The van der Waals surface area contributed by atoms with Gasteiger partial charge in [0, 0.05) is 4.88 Å².